The van der Waals surface area contributed by atoms with Gasteiger partial charge in [-0.25, -0.2) is 0 Å². The van der Waals surface area contributed by atoms with Gasteiger partial charge in [-0.15, -0.1) is 0 Å². The third-order valence-corrected chi connectivity index (χ3v) is 6.40. The van der Waals surface area contributed by atoms with Crippen LogP contribution >= 0.6 is 23.8 Å². The molecule has 0 bridgehead atoms. The molecule has 0 amide bonds. The fraction of sp³-hybridized carbons (Fsp3) is 0.364. The Balaban J connectivity index is 2.00. The second-order valence-corrected chi connectivity index (χ2v) is 8.00. The Morgan fingerprint density at radius 3 is 2.59 bits per heavy atom. The van der Waals surface area contributed by atoms with Gasteiger partial charge in [0.2, 0.25) is 0 Å². The van der Waals surface area contributed by atoms with Crippen molar-refractivity contribution in [2.45, 2.75) is 45.1 Å². The molecular weight excluding hydrogens is 376 g/mol. The molecule has 1 aliphatic rings. The number of hydrogen-bond donors (Lipinski definition) is 1. The molecule has 2 aromatic rings. The van der Waals surface area contributed by atoms with Crippen LogP contribution in [-0.4, -0.2) is 22.8 Å². The van der Waals surface area contributed by atoms with Gasteiger partial charge in [-0.05, 0) is 68.6 Å². The quantitative estimate of drug-likeness (QED) is 0.677. The van der Waals surface area contributed by atoms with Crippen molar-refractivity contribution < 1.29 is 4.79 Å². The summed E-state index contributed by atoms with van der Waals surface area (Å²) in [6, 6.07) is 13.7. The zero-order valence-corrected chi connectivity index (χ0v) is 17.6. The van der Waals surface area contributed by atoms with Crippen molar-refractivity contribution in [2.24, 2.45) is 0 Å². The largest absolute Gasteiger partial charge is 0.335 e. The van der Waals surface area contributed by atoms with Gasteiger partial charge in [-0.2, -0.15) is 0 Å². The van der Waals surface area contributed by atoms with E-state index in [0.717, 1.165) is 29.7 Å². The zero-order valence-electron chi connectivity index (χ0n) is 16.0. The average Bonchev–Trinajstić information content (AvgIpc) is 2.66. The Hall–Kier alpha value is -1.91. The summed E-state index contributed by atoms with van der Waals surface area (Å²) in [5, 5.41) is 4.48. The molecule has 0 spiro atoms. The van der Waals surface area contributed by atoms with Gasteiger partial charge in [0.1, 0.15) is 5.54 Å². The second-order valence-electron chi connectivity index (χ2n) is 7.21. The Bertz CT molecular complexity index is 882. The summed E-state index contributed by atoms with van der Waals surface area (Å²) < 4.78 is 0. The summed E-state index contributed by atoms with van der Waals surface area (Å²) in [5.74, 6) is 0.175. The van der Waals surface area contributed by atoms with Crippen LogP contribution in [0.5, 0.6) is 0 Å². The van der Waals surface area contributed by atoms with Crippen LogP contribution in [0.3, 0.4) is 0 Å². The van der Waals surface area contributed by atoms with Crippen LogP contribution in [0.15, 0.2) is 42.5 Å². The van der Waals surface area contributed by atoms with Crippen LogP contribution in [0.2, 0.25) is 5.02 Å². The molecule has 1 atom stereocenters. The van der Waals surface area contributed by atoms with E-state index in [4.69, 9.17) is 23.8 Å². The van der Waals surface area contributed by atoms with Crippen molar-refractivity contribution in [1.29, 1.82) is 0 Å². The first-order valence-corrected chi connectivity index (χ1v) is 10.1. The minimum atomic E-state index is -0.821. The third kappa shape index (κ3) is 3.61. The number of benzene rings is 2. The van der Waals surface area contributed by atoms with Gasteiger partial charge >= 0.3 is 0 Å². The molecule has 1 aliphatic carbocycles. The monoisotopic (exact) mass is 400 g/mol. The molecule has 1 saturated carbocycles. The zero-order chi connectivity index (χ0) is 19.6. The Morgan fingerprint density at radius 1 is 1.15 bits per heavy atom. The number of thiocarbonyl (C=S) groups is 1. The summed E-state index contributed by atoms with van der Waals surface area (Å²) in [7, 11) is 1.90. The molecule has 1 N–H and O–H groups in total. The number of Topliss-reactive ketones (excluding diaryl/α,β-unsaturated/α-hetero) is 1. The van der Waals surface area contributed by atoms with E-state index in [1.807, 2.05) is 48.3 Å². The molecule has 27 heavy (non-hydrogen) atoms. The molecule has 0 heterocycles. The highest BCUT2D eigenvalue weighted by Gasteiger charge is 2.47. The number of likely N-dealkylation sites (N-methyl/N-ethyl adjacent to an activating group) is 1. The maximum atomic E-state index is 13.2. The van der Waals surface area contributed by atoms with Crippen molar-refractivity contribution in [2.75, 3.05) is 12.4 Å². The van der Waals surface area contributed by atoms with Gasteiger partial charge in [0.05, 0.1) is 0 Å². The lowest BCUT2D eigenvalue weighted by molar-refractivity contribution is -0.131. The molecule has 0 aliphatic heterocycles. The normalized spacial score (nSPS) is 19.6. The summed E-state index contributed by atoms with van der Waals surface area (Å²) in [6.45, 7) is 4.14. The molecule has 142 valence electrons. The van der Waals surface area contributed by atoms with Crippen molar-refractivity contribution in [3.05, 3.63) is 64.2 Å². The molecule has 0 radical (unpaired) electrons. The number of halogens is 1. The average molecular weight is 401 g/mol. The predicted molar refractivity (Wildman–Crippen MR) is 117 cm³/mol. The molecule has 2 aromatic carbocycles. The number of anilines is 1. The summed E-state index contributed by atoms with van der Waals surface area (Å²) in [6.07, 6.45) is 3.13. The van der Waals surface area contributed by atoms with E-state index in [-0.39, 0.29) is 5.78 Å². The highest BCUT2D eigenvalue weighted by Crippen LogP contribution is 2.42. The van der Waals surface area contributed by atoms with Gasteiger partial charge in [0.15, 0.2) is 10.9 Å². The van der Waals surface area contributed by atoms with Crippen molar-refractivity contribution in [1.82, 2.24) is 4.90 Å². The standard InChI is InChI=1S/C22H25ClN2OS/c1-15-9-8-12-19(16(15)2)24-21(27)25(3)22(14-7-6-13-20(22)26)17-10-4-5-11-18(17)23/h4-5,8-12H,6-7,13-14H2,1-3H3,(H,24,27). The minimum Gasteiger partial charge on any atom is -0.335 e. The smallest absolute Gasteiger partial charge is 0.174 e. The highest BCUT2D eigenvalue weighted by atomic mass is 35.5. The van der Waals surface area contributed by atoms with E-state index in [1.54, 1.807) is 0 Å². The Morgan fingerprint density at radius 2 is 1.89 bits per heavy atom. The predicted octanol–water partition coefficient (Wildman–Crippen LogP) is 5.62. The van der Waals surface area contributed by atoms with E-state index < -0.39 is 5.54 Å². The van der Waals surface area contributed by atoms with E-state index in [1.165, 1.54) is 5.56 Å². The maximum absolute atomic E-state index is 13.2. The van der Waals surface area contributed by atoms with Crippen LogP contribution in [0, 0.1) is 13.8 Å². The van der Waals surface area contributed by atoms with Crippen molar-refractivity contribution in [3.8, 4) is 0 Å². The summed E-state index contributed by atoms with van der Waals surface area (Å²) >= 11 is 12.3. The number of rotatable bonds is 3. The third-order valence-electron chi connectivity index (χ3n) is 5.70. The second kappa shape index (κ2) is 7.99. The Labute approximate surface area is 171 Å². The van der Waals surface area contributed by atoms with E-state index in [0.29, 0.717) is 23.0 Å². The van der Waals surface area contributed by atoms with Crippen LogP contribution in [-0.2, 0) is 10.3 Å². The molecular formula is C22H25ClN2OS. The fourth-order valence-electron chi connectivity index (χ4n) is 3.89. The van der Waals surface area contributed by atoms with E-state index >= 15 is 0 Å². The summed E-state index contributed by atoms with van der Waals surface area (Å²) in [5.41, 5.74) is 3.32. The first kappa shape index (κ1) is 19.8. The lowest BCUT2D eigenvalue weighted by atomic mass is 9.74. The molecule has 1 unspecified atom stereocenters. The number of hydrogen-bond acceptors (Lipinski definition) is 2. The van der Waals surface area contributed by atoms with Gasteiger partial charge in [0, 0.05) is 29.7 Å². The number of ketones is 1. The number of carbonyl (C=O) groups excluding carboxylic acids is 1. The highest BCUT2D eigenvalue weighted by molar-refractivity contribution is 7.80. The first-order valence-electron chi connectivity index (χ1n) is 9.27. The molecule has 5 heteroatoms. The van der Waals surface area contributed by atoms with Crippen LogP contribution in [0.4, 0.5) is 5.69 Å². The van der Waals surface area contributed by atoms with Crippen LogP contribution in [0.25, 0.3) is 0 Å². The van der Waals surface area contributed by atoms with E-state index in [9.17, 15) is 4.79 Å². The van der Waals surface area contributed by atoms with Crippen molar-refractivity contribution >= 4 is 40.4 Å². The SMILES string of the molecule is Cc1cccc(NC(=S)N(C)C2(c3ccccc3Cl)CCCCC2=O)c1C. The molecule has 0 aromatic heterocycles. The number of aryl methyl sites for hydroxylation is 1. The van der Waals surface area contributed by atoms with Crippen LogP contribution < -0.4 is 5.32 Å². The van der Waals surface area contributed by atoms with E-state index in [2.05, 4.69) is 25.2 Å². The van der Waals surface area contributed by atoms with Gasteiger partial charge in [0.25, 0.3) is 0 Å². The van der Waals surface area contributed by atoms with Crippen molar-refractivity contribution in [3.63, 3.8) is 0 Å². The van der Waals surface area contributed by atoms with Crippen LogP contribution in [0.1, 0.15) is 42.4 Å². The molecule has 1 fully saturated rings. The Kier molecular flexibility index (Phi) is 5.87. The fourth-order valence-corrected chi connectivity index (χ4v) is 4.45. The van der Waals surface area contributed by atoms with Gasteiger partial charge in [-0.1, -0.05) is 41.9 Å². The lowest BCUT2D eigenvalue weighted by Crippen LogP contribution is -2.55. The minimum absolute atomic E-state index is 0.175. The lowest BCUT2D eigenvalue weighted by Gasteiger charge is -2.45. The topological polar surface area (TPSA) is 32.3 Å². The molecule has 3 nitrogen and oxygen atoms in total. The maximum Gasteiger partial charge on any atom is 0.174 e. The first-order chi connectivity index (χ1) is 12.9. The number of carbonyl (C=O) groups is 1. The number of nitrogens with one attached hydrogen (secondary N) is 1. The molecule has 0 saturated heterocycles. The number of nitrogens with zero attached hydrogens (tertiary/aromatic N) is 1. The van der Waals surface area contributed by atoms with Gasteiger partial charge in [-0.3, -0.25) is 4.79 Å². The summed E-state index contributed by atoms with van der Waals surface area (Å²) in [4.78, 5) is 15.1. The van der Waals surface area contributed by atoms with Gasteiger partial charge < -0.3 is 10.2 Å². The molecule has 3 rings (SSSR count).